The van der Waals surface area contributed by atoms with Gasteiger partial charge in [0.1, 0.15) is 0 Å². The minimum Gasteiger partial charge on any atom is -0.342 e. The van der Waals surface area contributed by atoms with Crippen molar-refractivity contribution < 1.29 is 10.0 Å². The zero-order valence-corrected chi connectivity index (χ0v) is 17.3. The molecular weight excluding hydrogens is 352 g/mol. The first-order chi connectivity index (χ1) is 13.7. The van der Waals surface area contributed by atoms with Crippen LogP contribution in [0.5, 0.6) is 0 Å². The van der Waals surface area contributed by atoms with Gasteiger partial charge in [-0.3, -0.25) is 10.1 Å². The molecule has 1 amide bonds. The Labute approximate surface area is 169 Å². The van der Waals surface area contributed by atoms with Gasteiger partial charge in [0.2, 0.25) is 5.91 Å². The summed E-state index contributed by atoms with van der Waals surface area (Å²) in [5.41, 5.74) is 8.38. The highest BCUT2D eigenvalue weighted by atomic mass is 16.5. The van der Waals surface area contributed by atoms with Crippen LogP contribution in [0, 0.1) is 35.5 Å². The average molecular weight is 393 g/mol. The number of carbonyl (C=O) groups is 1. The van der Waals surface area contributed by atoms with Gasteiger partial charge < -0.3 is 15.8 Å². The van der Waals surface area contributed by atoms with E-state index in [0.717, 1.165) is 69.6 Å². The monoisotopic (exact) mass is 392 g/mol. The lowest BCUT2D eigenvalue weighted by molar-refractivity contribution is -0.143. The van der Waals surface area contributed by atoms with Crippen molar-refractivity contribution in [2.24, 2.45) is 41.2 Å². The van der Waals surface area contributed by atoms with Crippen LogP contribution in [0.3, 0.4) is 0 Å². The summed E-state index contributed by atoms with van der Waals surface area (Å²) in [6, 6.07) is 0. The van der Waals surface area contributed by atoms with Gasteiger partial charge in [0.15, 0.2) is 0 Å². The van der Waals surface area contributed by atoms with Crippen LogP contribution in [0.2, 0.25) is 0 Å². The lowest BCUT2D eigenvalue weighted by Crippen LogP contribution is -2.57. The van der Waals surface area contributed by atoms with Crippen LogP contribution < -0.4 is 16.5 Å². The second kappa shape index (κ2) is 9.41. The van der Waals surface area contributed by atoms with Crippen molar-refractivity contribution in [2.75, 3.05) is 26.2 Å². The minimum absolute atomic E-state index is 0.0538. The largest absolute Gasteiger partial charge is 0.342 e. The highest BCUT2D eigenvalue weighted by Gasteiger charge is 2.44. The summed E-state index contributed by atoms with van der Waals surface area (Å²) in [5, 5.41) is 12.8. The minimum atomic E-state index is -0.0538. The summed E-state index contributed by atoms with van der Waals surface area (Å²) in [5.74, 6) is 3.69. The van der Waals surface area contributed by atoms with Crippen molar-refractivity contribution in [1.29, 1.82) is 0 Å². The third kappa shape index (κ3) is 4.25. The Morgan fingerprint density at radius 1 is 1.00 bits per heavy atom. The molecule has 4 rings (SSSR count). The van der Waals surface area contributed by atoms with Crippen molar-refractivity contribution in [2.45, 2.75) is 70.4 Å². The predicted octanol–water partition coefficient (Wildman–Crippen LogP) is 2.32. The predicted molar refractivity (Wildman–Crippen MR) is 109 cm³/mol. The lowest BCUT2D eigenvalue weighted by Gasteiger charge is -2.47. The molecule has 0 aromatic carbocycles. The van der Waals surface area contributed by atoms with E-state index in [2.05, 4.69) is 15.7 Å². The number of nitrogens with zero attached hydrogens (tertiary/aromatic N) is 1. The molecule has 4 aliphatic rings. The van der Waals surface area contributed by atoms with Crippen LogP contribution in [-0.2, 0) is 4.79 Å². The molecule has 6 heteroatoms. The van der Waals surface area contributed by atoms with Crippen LogP contribution in [0.4, 0.5) is 0 Å². The maximum Gasteiger partial charge on any atom is 0.225 e. The van der Waals surface area contributed by atoms with Gasteiger partial charge in [0, 0.05) is 19.0 Å². The van der Waals surface area contributed by atoms with E-state index in [1.807, 2.05) is 0 Å². The molecule has 2 heterocycles. The summed E-state index contributed by atoms with van der Waals surface area (Å²) in [7, 11) is 0. The molecule has 5 N–H and O–H groups in total. The second-order valence-corrected chi connectivity index (χ2v) is 9.91. The first-order valence-corrected chi connectivity index (χ1v) is 11.8. The number of amides is 1. The molecule has 160 valence electrons. The fourth-order valence-corrected chi connectivity index (χ4v) is 6.93. The maximum atomic E-state index is 13.4. The number of piperidine rings is 2. The third-order valence-electron chi connectivity index (χ3n) is 8.52. The Bertz CT molecular complexity index is 523. The number of hydrogen-bond acceptors (Lipinski definition) is 5. The number of nitrogens with one attached hydrogen (secondary N) is 2. The van der Waals surface area contributed by atoms with Gasteiger partial charge in [-0.1, -0.05) is 19.3 Å². The van der Waals surface area contributed by atoms with E-state index in [0.29, 0.717) is 17.7 Å². The van der Waals surface area contributed by atoms with E-state index >= 15 is 0 Å². The Kier molecular flexibility index (Phi) is 6.92. The maximum absolute atomic E-state index is 13.4. The zero-order valence-electron chi connectivity index (χ0n) is 17.3. The fraction of sp³-hybridized carbons (Fsp3) is 0.955. The quantitative estimate of drug-likeness (QED) is 0.551. The second-order valence-electron chi connectivity index (χ2n) is 9.91. The highest BCUT2D eigenvalue weighted by molar-refractivity contribution is 5.79. The standard InChI is InChI=1S/C22H40N4O2/c23-14-15-3-1-4-17(13-15)16-8-11-26(12-9-16)22(27)20-6-2-5-19-18(20)7-10-24-21(19)25-28/h15-21,24-25,28H,1-14,23H2. The highest BCUT2D eigenvalue weighted by Crippen LogP contribution is 2.42. The number of fused-ring (bicyclic) bond motifs is 1. The molecule has 6 nitrogen and oxygen atoms in total. The Morgan fingerprint density at radius 2 is 1.79 bits per heavy atom. The molecule has 2 aliphatic carbocycles. The van der Waals surface area contributed by atoms with E-state index < -0.39 is 0 Å². The summed E-state index contributed by atoms with van der Waals surface area (Å²) in [4.78, 5) is 15.6. The summed E-state index contributed by atoms with van der Waals surface area (Å²) < 4.78 is 0. The van der Waals surface area contributed by atoms with Crippen molar-refractivity contribution in [1.82, 2.24) is 15.7 Å². The van der Waals surface area contributed by atoms with Crippen LogP contribution >= 0.6 is 0 Å². The van der Waals surface area contributed by atoms with Crippen LogP contribution in [0.15, 0.2) is 0 Å². The molecule has 6 atom stereocenters. The molecule has 0 radical (unpaired) electrons. The van der Waals surface area contributed by atoms with Gasteiger partial charge in [-0.2, -0.15) is 5.48 Å². The Balaban J connectivity index is 1.32. The van der Waals surface area contributed by atoms with Crippen molar-refractivity contribution >= 4 is 5.91 Å². The average Bonchev–Trinajstić information content (AvgIpc) is 2.78. The zero-order chi connectivity index (χ0) is 19.5. The lowest BCUT2D eigenvalue weighted by atomic mass is 9.67. The van der Waals surface area contributed by atoms with Gasteiger partial charge in [0.25, 0.3) is 0 Å². The van der Waals surface area contributed by atoms with E-state index in [-0.39, 0.29) is 12.1 Å². The summed E-state index contributed by atoms with van der Waals surface area (Å²) in [6.07, 6.45) is 11.9. The summed E-state index contributed by atoms with van der Waals surface area (Å²) >= 11 is 0. The van der Waals surface area contributed by atoms with E-state index in [1.54, 1.807) is 0 Å². The number of nitrogens with two attached hydrogens (primary N) is 1. The molecule has 0 aromatic heterocycles. The third-order valence-corrected chi connectivity index (χ3v) is 8.52. The molecule has 2 saturated heterocycles. The molecule has 0 bridgehead atoms. The molecule has 2 saturated carbocycles. The number of hydrogen-bond donors (Lipinski definition) is 4. The number of rotatable bonds is 4. The normalized spacial score (nSPS) is 40.1. The van der Waals surface area contributed by atoms with Crippen molar-refractivity contribution in [3.8, 4) is 0 Å². The van der Waals surface area contributed by atoms with E-state index in [4.69, 9.17) is 5.73 Å². The first-order valence-electron chi connectivity index (χ1n) is 11.8. The SMILES string of the molecule is NCC1CCCC(C2CCN(C(=O)C3CCCC4C(NO)NCCC34)CC2)C1. The van der Waals surface area contributed by atoms with Crippen molar-refractivity contribution in [3.05, 3.63) is 0 Å². The summed E-state index contributed by atoms with van der Waals surface area (Å²) in [6.45, 7) is 3.62. The number of hydroxylamine groups is 1. The van der Waals surface area contributed by atoms with Crippen molar-refractivity contribution in [3.63, 3.8) is 0 Å². The van der Waals surface area contributed by atoms with Crippen LogP contribution in [0.25, 0.3) is 0 Å². The first kappa shape index (κ1) is 20.6. The molecule has 28 heavy (non-hydrogen) atoms. The topological polar surface area (TPSA) is 90.6 Å². The Hall–Kier alpha value is -0.690. The van der Waals surface area contributed by atoms with Gasteiger partial charge >= 0.3 is 0 Å². The molecule has 4 fully saturated rings. The fourth-order valence-electron chi connectivity index (χ4n) is 6.93. The van der Waals surface area contributed by atoms with Gasteiger partial charge in [-0.25, -0.2) is 0 Å². The smallest absolute Gasteiger partial charge is 0.225 e. The van der Waals surface area contributed by atoms with Crippen LogP contribution in [-0.4, -0.2) is 48.4 Å². The molecule has 0 aromatic rings. The van der Waals surface area contributed by atoms with Gasteiger partial charge in [0.05, 0.1) is 6.17 Å². The Morgan fingerprint density at radius 3 is 2.54 bits per heavy atom. The van der Waals surface area contributed by atoms with E-state index in [1.165, 1.54) is 38.5 Å². The molecule has 2 aliphatic heterocycles. The van der Waals surface area contributed by atoms with Gasteiger partial charge in [-0.05, 0) is 87.6 Å². The van der Waals surface area contributed by atoms with E-state index in [9.17, 15) is 10.0 Å². The van der Waals surface area contributed by atoms with Gasteiger partial charge in [-0.15, -0.1) is 0 Å². The molecule has 6 unspecified atom stereocenters. The molecular formula is C22H40N4O2. The number of likely N-dealkylation sites (tertiary alicyclic amines) is 1. The van der Waals surface area contributed by atoms with Crippen LogP contribution in [0.1, 0.15) is 64.2 Å². The number of carbonyl (C=O) groups excluding carboxylic acids is 1. The molecule has 0 spiro atoms.